The minimum absolute atomic E-state index is 0.0850. The normalized spacial score (nSPS) is 10.7. The summed E-state index contributed by atoms with van der Waals surface area (Å²) in [6, 6.07) is 23.9. The van der Waals surface area contributed by atoms with Crippen molar-refractivity contribution in [2.24, 2.45) is 0 Å². The third-order valence-corrected chi connectivity index (χ3v) is 4.38. The number of benzene rings is 2. The molecular formula is C23H26N4O. The Labute approximate surface area is 166 Å². The van der Waals surface area contributed by atoms with Crippen LogP contribution in [-0.4, -0.2) is 43.0 Å². The highest BCUT2D eigenvalue weighted by molar-refractivity contribution is 5.95. The van der Waals surface area contributed by atoms with E-state index in [9.17, 15) is 4.79 Å². The maximum atomic E-state index is 12.5. The van der Waals surface area contributed by atoms with E-state index in [2.05, 4.69) is 39.5 Å². The van der Waals surface area contributed by atoms with Gasteiger partial charge in [-0.2, -0.15) is 0 Å². The van der Waals surface area contributed by atoms with E-state index in [4.69, 9.17) is 0 Å². The first kappa shape index (κ1) is 19.6. The highest BCUT2D eigenvalue weighted by atomic mass is 16.1. The number of hydrogen-bond acceptors (Lipinski definition) is 4. The van der Waals surface area contributed by atoms with Crippen LogP contribution in [0.1, 0.15) is 15.9 Å². The van der Waals surface area contributed by atoms with Crippen molar-refractivity contribution in [3.05, 3.63) is 90.1 Å². The average Bonchev–Trinajstić information content (AvgIpc) is 2.73. The zero-order valence-electron chi connectivity index (χ0n) is 16.4. The number of hydrogen-bond donors (Lipinski definition) is 1. The monoisotopic (exact) mass is 374 g/mol. The summed E-state index contributed by atoms with van der Waals surface area (Å²) in [6.45, 7) is 2.08. The number of likely N-dealkylation sites (N-methyl/N-ethyl adjacent to an activating group) is 1. The third-order valence-electron chi connectivity index (χ3n) is 4.38. The minimum atomic E-state index is -0.0850. The number of anilines is 2. The van der Waals surface area contributed by atoms with Crippen LogP contribution in [0.4, 0.5) is 11.5 Å². The zero-order valence-corrected chi connectivity index (χ0v) is 16.4. The fraction of sp³-hybridized carbons (Fsp3) is 0.217. The maximum Gasteiger partial charge on any atom is 0.251 e. The SMILES string of the molecule is CN(C)CCNC(=O)c1ccnc(N(Cc2ccccc2)c2ccccc2)c1. The molecule has 1 N–H and O–H groups in total. The predicted octanol–water partition coefficient (Wildman–Crippen LogP) is 3.71. The summed E-state index contributed by atoms with van der Waals surface area (Å²) in [7, 11) is 3.97. The molecule has 2 aromatic carbocycles. The molecule has 5 heteroatoms. The van der Waals surface area contributed by atoms with Crippen molar-refractivity contribution in [1.29, 1.82) is 0 Å². The Hall–Kier alpha value is -3.18. The van der Waals surface area contributed by atoms with Gasteiger partial charge in [-0.25, -0.2) is 4.98 Å². The Bertz CT molecular complexity index is 881. The number of para-hydroxylation sites is 1. The lowest BCUT2D eigenvalue weighted by atomic mass is 10.1. The number of aromatic nitrogens is 1. The number of carbonyl (C=O) groups excluding carboxylic acids is 1. The molecule has 1 amide bonds. The van der Waals surface area contributed by atoms with Crippen LogP contribution in [0.25, 0.3) is 0 Å². The van der Waals surface area contributed by atoms with Crippen molar-refractivity contribution in [1.82, 2.24) is 15.2 Å². The standard InChI is InChI=1S/C23H26N4O/c1-26(2)16-15-25-23(28)20-13-14-24-22(17-20)27(21-11-7-4-8-12-21)18-19-9-5-3-6-10-19/h3-14,17H,15-16,18H2,1-2H3,(H,25,28). The summed E-state index contributed by atoms with van der Waals surface area (Å²) in [4.78, 5) is 21.2. The van der Waals surface area contributed by atoms with E-state index in [1.54, 1.807) is 12.3 Å². The van der Waals surface area contributed by atoms with Gasteiger partial charge in [0.1, 0.15) is 5.82 Å². The van der Waals surface area contributed by atoms with Gasteiger partial charge in [0.05, 0.1) is 0 Å². The van der Waals surface area contributed by atoms with E-state index in [0.29, 0.717) is 18.7 Å². The van der Waals surface area contributed by atoms with E-state index in [1.165, 1.54) is 5.56 Å². The fourth-order valence-corrected chi connectivity index (χ4v) is 2.88. The average molecular weight is 374 g/mol. The van der Waals surface area contributed by atoms with Crippen LogP contribution in [-0.2, 0) is 6.54 Å². The molecule has 0 atom stereocenters. The van der Waals surface area contributed by atoms with Gasteiger partial charge in [-0.3, -0.25) is 4.79 Å². The van der Waals surface area contributed by atoms with Gasteiger partial charge in [-0.05, 0) is 43.9 Å². The zero-order chi connectivity index (χ0) is 19.8. The van der Waals surface area contributed by atoms with Gasteiger partial charge in [-0.15, -0.1) is 0 Å². The Morgan fingerprint density at radius 3 is 2.32 bits per heavy atom. The molecule has 0 radical (unpaired) electrons. The predicted molar refractivity (Wildman–Crippen MR) is 114 cm³/mol. The van der Waals surface area contributed by atoms with E-state index in [-0.39, 0.29) is 5.91 Å². The first-order chi connectivity index (χ1) is 13.6. The molecule has 0 spiro atoms. The van der Waals surface area contributed by atoms with E-state index in [1.807, 2.05) is 61.5 Å². The summed E-state index contributed by atoms with van der Waals surface area (Å²) in [5.74, 6) is 0.661. The first-order valence-electron chi connectivity index (χ1n) is 9.39. The molecule has 28 heavy (non-hydrogen) atoms. The lowest BCUT2D eigenvalue weighted by Gasteiger charge is -2.24. The number of pyridine rings is 1. The third kappa shape index (κ3) is 5.41. The molecule has 1 heterocycles. The molecule has 3 rings (SSSR count). The van der Waals surface area contributed by atoms with Gasteiger partial charge >= 0.3 is 0 Å². The first-order valence-corrected chi connectivity index (χ1v) is 9.39. The summed E-state index contributed by atoms with van der Waals surface area (Å²) >= 11 is 0. The second kappa shape index (κ2) is 9.67. The number of nitrogens with zero attached hydrogens (tertiary/aromatic N) is 3. The summed E-state index contributed by atoms with van der Waals surface area (Å²) in [6.07, 6.45) is 1.69. The molecule has 5 nitrogen and oxygen atoms in total. The van der Waals surface area contributed by atoms with Crippen molar-refractivity contribution in [2.45, 2.75) is 6.54 Å². The van der Waals surface area contributed by atoms with Crippen LogP contribution in [0, 0.1) is 0 Å². The second-order valence-electron chi connectivity index (χ2n) is 6.87. The van der Waals surface area contributed by atoms with Crippen LogP contribution in [0.15, 0.2) is 79.0 Å². The highest BCUT2D eigenvalue weighted by Crippen LogP contribution is 2.26. The van der Waals surface area contributed by atoms with Gasteiger partial charge in [0.25, 0.3) is 5.91 Å². The number of amides is 1. The molecule has 0 fully saturated rings. The van der Waals surface area contributed by atoms with Gasteiger partial charge < -0.3 is 15.1 Å². The fourth-order valence-electron chi connectivity index (χ4n) is 2.88. The number of nitrogens with one attached hydrogen (secondary N) is 1. The van der Waals surface area contributed by atoms with Crippen molar-refractivity contribution in [2.75, 3.05) is 32.1 Å². The van der Waals surface area contributed by atoms with Crippen molar-refractivity contribution in [3.63, 3.8) is 0 Å². The van der Waals surface area contributed by atoms with E-state index >= 15 is 0 Å². The molecule has 0 saturated carbocycles. The molecule has 0 bridgehead atoms. The van der Waals surface area contributed by atoms with Gasteiger partial charge in [0, 0.05) is 37.1 Å². The minimum Gasteiger partial charge on any atom is -0.351 e. The molecule has 0 saturated heterocycles. The van der Waals surface area contributed by atoms with Crippen molar-refractivity contribution < 1.29 is 4.79 Å². The lowest BCUT2D eigenvalue weighted by Crippen LogP contribution is -2.31. The topological polar surface area (TPSA) is 48.5 Å². The molecular weight excluding hydrogens is 348 g/mol. The summed E-state index contributed by atoms with van der Waals surface area (Å²) in [5, 5.41) is 2.96. The van der Waals surface area contributed by atoms with E-state index in [0.717, 1.165) is 18.1 Å². The van der Waals surface area contributed by atoms with Crippen LogP contribution in [0.5, 0.6) is 0 Å². The number of carbonyl (C=O) groups is 1. The van der Waals surface area contributed by atoms with Crippen LogP contribution < -0.4 is 10.2 Å². The molecule has 0 aliphatic rings. The summed E-state index contributed by atoms with van der Waals surface area (Å²) < 4.78 is 0. The van der Waals surface area contributed by atoms with Crippen LogP contribution in [0.2, 0.25) is 0 Å². The maximum absolute atomic E-state index is 12.5. The Balaban J connectivity index is 1.85. The van der Waals surface area contributed by atoms with Crippen LogP contribution >= 0.6 is 0 Å². The molecule has 0 unspecified atom stereocenters. The molecule has 0 aliphatic carbocycles. The van der Waals surface area contributed by atoms with E-state index < -0.39 is 0 Å². The quantitative estimate of drug-likeness (QED) is 0.653. The van der Waals surface area contributed by atoms with Gasteiger partial charge in [-0.1, -0.05) is 48.5 Å². The Kier molecular flexibility index (Phi) is 6.76. The molecule has 1 aromatic heterocycles. The Morgan fingerprint density at radius 2 is 1.64 bits per heavy atom. The molecule has 144 valence electrons. The smallest absolute Gasteiger partial charge is 0.251 e. The van der Waals surface area contributed by atoms with Crippen molar-refractivity contribution in [3.8, 4) is 0 Å². The summed E-state index contributed by atoms with van der Waals surface area (Å²) in [5.41, 5.74) is 2.82. The highest BCUT2D eigenvalue weighted by Gasteiger charge is 2.14. The second-order valence-corrected chi connectivity index (χ2v) is 6.87. The lowest BCUT2D eigenvalue weighted by molar-refractivity contribution is 0.0951. The number of rotatable bonds is 8. The molecule has 0 aliphatic heterocycles. The molecule has 3 aromatic rings. The van der Waals surface area contributed by atoms with Crippen molar-refractivity contribution >= 4 is 17.4 Å². The van der Waals surface area contributed by atoms with Crippen LogP contribution in [0.3, 0.4) is 0 Å². The van der Waals surface area contributed by atoms with Gasteiger partial charge in [0.15, 0.2) is 0 Å². The van der Waals surface area contributed by atoms with Gasteiger partial charge in [0.2, 0.25) is 0 Å². The Morgan fingerprint density at radius 1 is 0.964 bits per heavy atom. The largest absolute Gasteiger partial charge is 0.351 e.